The largest absolute Gasteiger partial charge is 0.496 e. The predicted octanol–water partition coefficient (Wildman–Crippen LogP) is 8.95. The summed E-state index contributed by atoms with van der Waals surface area (Å²) in [6, 6.07) is 12.1. The van der Waals surface area contributed by atoms with Crippen LogP contribution in [0.5, 0.6) is 5.75 Å². The van der Waals surface area contributed by atoms with Crippen LogP contribution in [0.4, 0.5) is 9.59 Å². The summed E-state index contributed by atoms with van der Waals surface area (Å²) in [4.78, 5) is 43.9. The summed E-state index contributed by atoms with van der Waals surface area (Å²) in [5.41, 5.74) is 0.825. The number of benzene rings is 1. The summed E-state index contributed by atoms with van der Waals surface area (Å²) >= 11 is 1.62. The van der Waals surface area contributed by atoms with E-state index in [9.17, 15) is 14.4 Å². The van der Waals surface area contributed by atoms with Crippen molar-refractivity contribution in [2.75, 3.05) is 26.9 Å². The lowest BCUT2D eigenvalue weighted by Gasteiger charge is -2.34. The fraction of sp³-hybridized carbons (Fsp3) is 0.622. The maximum Gasteiger partial charge on any atom is 0.417 e. The van der Waals surface area contributed by atoms with Gasteiger partial charge < -0.3 is 19.5 Å². The first-order valence-electron chi connectivity index (χ1n) is 17.6. The minimum absolute atomic E-state index is 0.0285. The molecule has 1 N–H and O–H groups in total. The van der Waals surface area contributed by atoms with Gasteiger partial charge in [-0.3, -0.25) is 9.78 Å². The molecular formula is C37H55N3O6S. The first kappa shape index (κ1) is 38.2. The lowest BCUT2D eigenvalue weighted by molar-refractivity contribution is 0.0635. The van der Waals surface area contributed by atoms with E-state index >= 15 is 0 Å². The fourth-order valence-corrected chi connectivity index (χ4v) is 6.75. The van der Waals surface area contributed by atoms with Crippen molar-refractivity contribution in [2.24, 2.45) is 0 Å². The summed E-state index contributed by atoms with van der Waals surface area (Å²) in [5.74, 6) is -0.150. The van der Waals surface area contributed by atoms with Crippen molar-refractivity contribution in [3.8, 4) is 5.75 Å². The molecule has 1 aromatic heterocycles. The van der Waals surface area contributed by atoms with E-state index in [2.05, 4.69) is 17.2 Å². The Morgan fingerprint density at radius 1 is 0.809 bits per heavy atom. The molecule has 0 spiro atoms. The monoisotopic (exact) mass is 669 g/mol. The molecule has 0 bridgehead atoms. The van der Waals surface area contributed by atoms with Crippen LogP contribution in [0.2, 0.25) is 0 Å². The number of amides is 3. The number of alkyl carbamates (subject to hydrolysis) is 1. The minimum atomic E-state index is -0.741. The number of hydrogen-bond acceptors (Lipinski definition) is 8. The second kappa shape index (κ2) is 23.1. The summed E-state index contributed by atoms with van der Waals surface area (Å²) in [5, 5.41) is 3.09. The van der Waals surface area contributed by atoms with Gasteiger partial charge in [0.2, 0.25) is 0 Å². The first-order valence-corrected chi connectivity index (χ1v) is 18.5. The van der Waals surface area contributed by atoms with E-state index in [1.54, 1.807) is 60.4 Å². The quantitative estimate of drug-likeness (QED) is 0.117. The van der Waals surface area contributed by atoms with Crippen molar-refractivity contribution in [2.45, 2.75) is 120 Å². The molecule has 2 atom stereocenters. The van der Waals surface area contributed by atoms with Gasteiger partial charge in [-0.15, -0.1) is 11.8 Å². The van der Waals surface area contributed by atoms with Gasteiger partial charge in [0.25, 0.3) is 5.91 Å². The first-order chi connectivity index (χ1) is 23.0. The van der Waals surface area contributed by atoms with E-state index in [1.807, 2.05) is 0 Å². The van der Waals surface area contributed by atoms with Crippen LogP contribution in [0.1, 0.15) is 119 Å². The standard InChI is InChI=1S/C37H55N3O6S/c1-3-4-5-6-7-8-9-10-11-12-13-14-15-19-25-39-36(42)45-28-31-26-32(47-31)29-46-37(43)40(27-30-21-18-20-24-38-30)35(41)33-22-16-17-23-34(33)44-2/h16-18,20-24,31-32H,3-15,19,25-29H2,1-2H3,(H,39,42). The number of para-hydroxylation sites is 1. The van der Waals surface area contributed by atoms with Gasteiger partial charge >= 0.3 is 12.2 Å². The normalized spacial score (nSPS) is 15.4. The number of ether oxygens (including phenoxy) is 3. The maximum absolute atomic E-state index is 13.4. The summed E-state index contributed by atoms with van der Waals surface area (Å²) < 4.78 is 16.3. The van der Waals surface area contributed by atoms with Crippen LogP contribution in [0, 0.1) is 0 Å². The van der Waals surface area contributed by atoms with Crippen molar-refractivity contribution in [3.63, 3.8) is 0 Å². The van der Waals surface area contributed by atoms with E-state index in [-0.39, 0.29) is 35.3 Å². The molecule has 47 heavy (non-hydrogen) atoms. The van der Waals surface area contributed by atoms with Crippen molar-refractivity contribution in [1.82, 2.24) is 15.2 Å². The van der Waals surface area contributed by atoms with E-state index in [0.29, 0.717) is 24.6 Å². The summed E-state index contributed by atoms with van der Waals surface area (Å²) in [6.07, 6.45) is 19.5. The number of unbranched alkanes of at least 4 members (excludes halogenated alkanes) is 13. The van der Waals surface area contributed by atoms with Crippen molar-refractivity contribution in [1.29, 1.82) is 0 Å². The third kappa shape index (κ3) is 15.0. The van der Waals surface area contributed by atoms with E-state index < -0.39 is 12.0 Å². The zero-order chi connectivity index (χ0) is 33.5. The van der Waals surface area contributed by atoms with Crippen LogP contribution in [-0.2, 0) is 16.0 Å². The van der Waals surface area contributed by atoms with Crippen LogP contribution >= 0.6 is 11.8 Å². The van der Waals surface area contributed by atoms with Gasteiger partial charge in [-0.05, 0) is 37.1 Å². The van der Waals surface area contributed by atoms with Gasteiger partial charge in [0, 0.05) is 23.2 Å². The van der Waals surface area contributed by atoms with Gasteiger partial charge in [-0.25, -0.2) is 14.5 Å². The highest BCUT2D eigenvalue weighted by atomic mass is 32.2. The number of nitrogens with zero attached hydrogens (tertiary/aromatic N) is 2. The second-order valence-corrected chi connectivity index (χ2v) is 13.8. The molecule has 9 nitrogen and oxygen atoms in total. The molecule has 1 aliphatic heterocycles. The van der Waals surface area contributed by atoms with Gasteiger partial charge in [0.15, 0.2) is 0 Å². The molecule has 3 rings (SSSR count). The second-order valence-electron chi connectivity index (χ2n) is 12.2. The molecule has 0 aliphatic carbocycles. The highest BCUT2D eigenvalue weighted by molar-refractivity contribution is 8.01. The fourth-order valence-electron chi connectivity index (χ4n) is 5.58. The molecule has 2 aromatic rings. The van der Waals surface area contributed by atoms with Crippen LogP contribution in [0.15, 0.2) is 48.7 Å². The Labute approximate surface area is 285 Å². The molecule has 0 radical (unpaired) electrons. The Bertz CT molecular complexity index is 1180. The molecule has 1 aromatic carbocycles. The molecule has 1 aliphatic rings. The lowest BCUT2D eigenvalue weighted by Crippen LogP contribution is -2.40. The number of aromatic nitrogens is 1. The molecular weight excluding hydrogens is 614 g/mol. The third-order valence-electron chi connectivity index (χ3n) is 8.35. The molecule has 0 saturated carbocycles. The number of imide groups is 1. The van der Waals surface area contributed by atoms with Crippen LogP contribution in [-0.4, -0.2) is 65.3 Å². The summed E-state index contributed by atoms with van der Waals surface area (Å²) in [6.45, 7) is 3.34. The Kier molecular flexibility index (Phi) is 18.8. The number of carbonyl (C=O) groups excluding carboxylic acids is 3. The zero-order valence-corrected chi connectivity index (χ0v) is 29.3. The number of pyridine rings is 1. The molecule has 1 saturated heterocycles. The van der Waals surface area contributed by atoms with E-state index in [4.69, 9.17) is 14.2 Å². The Hall–Kier alpha value is -3.27. The SMILES string of the molecule is CCCCCCCCCCCCCCCCNC(=O)OCC1CC(COC(=O)N(Cc2ccccn2)C(=O)c2ccccc2OC)S1. The predicted molar refractivity (Wildman–Crippen MR) is 188 cm³/mol. The van der Waals surface area contributed by atoms with E-state index in [1.165, 1.54) is 84.2 Å². The third-order valence-corrected chi connectivity index (χ3v) is 9.78. The molecule has 10 heteroatoms. The highest BCUT2D eigenvalue weighted by Crippen LogP contribution is 2.37. The molecule has 260 valence electrons. The Morgan fingerprint density at radius 2 is 1.38 bits per heavy atom. The Balaban J connectivity index is 1.23. The number of thioether (sulfide) groups is 1. The number of methoxy groups -OCH3 is 1. The molecule has 1 fully saturated rings. The van der Waals surface area contributed by atoms with Crippen LogP contribution in [0.3, 0.4) is 0 Å². The number of carbonyl (C=O) groups is 3. The lowest BCUT2D eigenvalue weighted by atomic mass is 10.0. The highest BCUT2D eigenvalue weighted by Gasteiger charge is 2.34. The minimum Gasteiger partial charge on any atom is -0.496 e. The van der Waals surface area contributed by atoms with Crippen molar-refractivity contribution in [3.05, 3.63) is 59.9 Å². The average molecular weight is 670 g/mol. The summed E-state index contributed by atoms with van der Waals surface area (Å²) in [7, 11) is 1.48. The number of nitrogens with one attached hydrogen (secondary N) is 1. The zero-order valence-electron chi connectivity index (χ0n) is 28.5. The average Bonchev–Trinajstić information content (AvgIpc) is 3.08. The molecule has 3 amide bonds. The van der Waals surface area contributed by atoms with Gasteiger partial charge in [0.1, 0.15) is 19.0 Å². The molecule has 2 unspecified atom stereocenters. The van der Waals surface area contributed by atoms with Crippen LogP contribution < -0.4 is 10.1 Å². The topological polar surface area (TPSA) is 107 Å². The van der Waals surface area contributed by atoms with Crippen molar-refractivity contribution >= 4 is 29.9 Å². The van der Waals surface area contributed by atoms with E-state index in [0.717, 1.165) is 24.2 Å². The van der Waals surface area contributed by atoms with Gasteiger partial charge in [0.05, 0.1) is 24.9 Å². The number of rotatable bonds is 23. The molecule has 2 heterocycles. The van der Waals surface area contributed by atoms with Gasteiger partial charge in [-0.1, -0.05) is 109 Å². The van der Waals surface area contributed by atoms with Crippen LogP contribution in [0.25, 0.3) is 0 Å². The Morgan fingerprint density at radius 3 is 1.98 bits per heavy atom. The van der Waals surface area contributed by atoms with Gasteiger partial charge in [-0.2, -0.15) is 0 Å². The van der Waals surface area contributed by atoms with Crippen molar-refractivity contribution < 1.29 is 28.6 Å². The smallest absolute Gasteiger partial charge is 0.417 e. The maximum atomic E-state index is 13.4. The number of hydrogen-bond donors (Lipinski definition) is 1.